The zero-order valence-corrected chi connectivity index (χ0v) is 11.6. The first-order valence-corrected chi connectivity index (χ1v) is 6.71. The third-order valence-corrected chi connectivity index (χ3v) is 3.36. The van der Waals surface area contributed by atoms with Crippen molar-refractivity contribution in [2.75, 3.05) is 6.61 Å². The first kappa shape index (κ1) is 13.3. The normalized spacial score (nSPS) is 10.9. The maximum atomic E-state index is 11.1. The highest BCUT2D eigenvalue weighted by molar-refractivity contribution is 5.89. The molecule has 108 valence electrons. The molecule has 2 aromatic heterocycles. The number of hydrogen-bond donors (Lipinski definition) is 1. The quantitative estimate of drug-likeness (QED) is 0.780. The Morgan fingerprint density at radius 3 is 2.95 bits per heavy atom. The van der Waals surface area contributed by atoms with Gasteiger partial charge >= 0.3 is 5.97 Å². The molecular formula is C16H15NO4. The number of carboxylic acids is 1. The van der Waals surface area contributed by atoms with Crippen LogP contribution in [-0.4, -0.2) is 22.2 Å². The highest BCUT2D eigenvalue weighted by atomic mass is 16.5. The highest BCUT2D eigenvalue weighted by Crippen LogP contribution is 2.27. The Balaban J connectivity index is 2.00. The van der Waals surface area contributed by atoms with Gasteiger partial charge in [0.1, 0.15) is 17.1 Å². The van der Waals surface area contributed by atoms with Crippen molar-refractivity contribution in [3.05, 3.63) is 54.1 Å². The van der Waals surface area contributed by atoms with Crippen LogP contribution in [0.15, 0.2) is 47.2 Å². The molecule has 0 saturated heterocycles. The summed E-state index contributed by atoms with van der Waals surface area (Å²) in [5.41, 5.74) is 1.17. The van der Waals surface area contributed by atoms with E-state index in [1.54, 1.807) is 0 Å². The number of benzene rings is 1. The van der Waals surface area contributed by atoms with Gasteiger partial charge in [0.25, 0.3) is 0 Å². The SMILES string of the molecule is CCOc1cccc2c1ccn2Cc1occc1C(=O)O. The van der Waals surface area contributed by atoms with E-state index >= 15 is 0 Å². The molecule has 21 heavy (non-hydrogen) atoms. The van der Waals surface area contributed by atoms with Gasteiger partial charge in [0.15, 0.2) is 0 Å². The molecule has 0 saturated carbocycles. The van der Waals surface area contributed by atoms with Crippen molar-refractivity contribution in [3.8, 4) is 5.75 Å². The van der Waals surface area contributed by atoms with Gasteiger partial charge < -0.3 is 18.8 Å². The van der Waals surface area contributed by atoms with Crippen LogP contribution >= 0.6 is 0 Å². The highest BCUT2D eigenvalue weighted by Gasteiger charge is 2.15. The Morgan fingerprint density at radius 1 is 1.33 bits per heavy atom. The van der Waals surface area contributed by atoms with E-state index in [2.05, 4.69) is 0 Å². The zero-order chi connectivity index (χ0) is 14.8. The number of aromatic nitrogens is 1. The average Bonchev–Trinajstić information content (AvgIpc) is 3.08. The van der Waals surface area contributed by atoms with Crippen LogP contribution in [-0.2, 0) is 6.54 Å². The van der Waals surface area contributed by atoms with E-state index < -0.39 is 5.97 Å². The zero-order valence-electron chi connectivity index (χ0n) is 11.6. The lowest BCUT2D eigenvalue weighted by atomic mass is 10.2. The van der Waals surface area contributed by atoms with E-state index in [1.165, 1.54) is 12.3 Å². The van der Waals surface area contributed by atoms with E-state index in [4.69, 9.17) is 14.3 Å². The second-order valence-corrected chi connectivity index (χ2v) is 4.63. The molecule has 5 nitrogen and oxygen atoms in total. The van der Waals surface area contributed by atoms with Crippen molar-refractivity contribution < 1.29 is 19.1 Å². The predicted octanol–water partition coefficient (Wildman–Crippen LogP) is 3.38. The summed E-state index contributed by atoms with van der Waals surface area (Å²) in [6.45, 7) is 2.91. The molecule has 0 atom stereocenters. The number of hydrogen-bond acceptors (Lipinski definition) is 3. The first-order valence-electron chi connectivity index (χ1n) is 6.71. The van der Waals surface area contributed by atoms with Gasteiger partial charge in [0.05, 0.1) is 24.9 Å². The number of nitrogens with zero attached hydrogens (tertiary/aromatic N) is 1. The van der Waals surface area contributed by atoms with Gasteiger partial charge in [-0.15, -0.1) is 0 Å². The summed E-state index contributed by atoms with van der Waals surface area (Å²) in [6.07, 6.45) is 3.30. The summed E-state index contributed by atoms with van der Waals surface area (Å²) in [4.78, 5) is 11.1. The molecule has 0 fully saturated rings. The molecule has 0 bridgehead atoms. The van der Waals surface area contributed by atoms with E-state index in [1.807, 2.05) is 42.0 Å². The number of carboxylic acid groups (broad SMARTS) is 1. The van der Waals surface area contributed by atoms with Crippen LogP contribution in [0.1, 0.15) is 23.0 Å². The van der Waals surface area contributed by atoms with E-state index in [9.17, 15) is 4.79 Å². The minimum absolute atomic E-state index is 0.192. The molecule has 3 rings (SSSR count). The number of carbonyl (C=O) groups is 1. The second kappa shape index (κ2) is 5.36. The third kappa shape index (κ3) is 2.38. The summed E-state index contributed by atoms with van der Waals surface area (Å²) in [5.74, 6) is 0.277. The standard InChI is InChI=1S/C16H15NO4/c1-2-20-14-5-3-4-13-11(14)6-8-17(13)10-15-12(16(18)19)7-9-21-15/h3-9H,2,10H2,1H3,(H,18,19). The van der Waals surface area contributed by atoms with Crippen molar-refractivity contribution in [2.45, 2.75) is 13.5 Å². The summed E-state index contributed by atoms with van der Waals surface area (Å²) in [7, 11) is 0. The maximum absolute atomic E-state index is 11.1. The molecule has 1 aromatic carbocycles. The maximum Gasteiger partial charge on any atom is 0.339 e. The monoisotopic (exact) mass is 285 g/mol. The molecule has 0 spiro atoms. The molecule has 1 N–H and O–H groups in total. The van der Waals surface area contributed by atoms with Gasteiger partial charge in [-0.2, -0.15) is 0 Å². The lowest BCUT2D eigenvalue weighted by Crippen LogP contribution is -2.03. The van der Waals surface area contributed by atoms with Crippen LogP contribution in [0, 0.1) is 0 Å². The Kier molecular flexibility index (Phi) is 3.39. The van der Waals surface area contributed by atoms with Crippen LogP contribution in [0.25, 0.3) is 10.9 Å². The van der Waals surface area contributed by atoms with Crippen LogP contribution < -0.4 is 4.74 Å². The molecule has 5 heteroatoms. The average molecular weight is 285 g/mol. The van der Waals surface area contributed by atoms with E-state index in [0.29, 0.717) is 18.9 Å². The fourth-order valence-electron chi connectivity index (χ4n) is 2.42. The van der Waals surface area contributed by atoms with Crippen LogP contribution in [0.5, 0.6) is 5.75 Å². The molecule has 0 unspecified atom stereocenters. The largest absolute Gasteiger partial charge is 0.493 e. The van der Waals surface area contributed by atoms with Crippen molar-refractivity contribution in [1.29, 1.82) is 0 Å². The summed E-state index contributed by atoms with van der Waals surface area (Å²) < 4.78 is 12.8. The molecule has 0 aliphatic rings. The predicted molar refractivity (Wildman–Crippen MR) is 77.9 cm³/mol. The van der Waals surface area contributed by atoms with Gasteiger partial charge in [0, 0.05) is 11.6 Å². The number of rotatable bonds is 5. The lowest BCUT2D eigenvalue weighted by Gasteiger charge is -2.07. The number of furan rings is 1. The fourth-order valence-corrected chi connectivity index (χ4v) is 2.42. The molecule has 0 aliphatic carbocycles. The fraction of sp³-hybridized carbons (Fsp3) is 0.188. The Hall–Kier alpha value is -2.69. The molecular weight excluding hydrogens is 270 g/mol. The van der Waals surface area contributed by atoms with Gasteiger partial charge in [0.2, 0.25) is 0 Å². The van der Waals surface area contributed by atoms with Gasteiger partial charge in [-0.3, -0.25) is 0 Å². The van der Waals surface area contributed by atoms with E-state index in [0.717, 1.165) is 16.7 Å². The van der Waals surface area contributed by atoms with Gasteiger partial charge in [-0.1, -0.05) is 6.07 Å². The molecule has 3 aromatic rings. The van der Waals surface area contributed by atoms with Crippen molar-refractivity contribution >= 4 is 16.9 Å². The van der Waals surface area contributed by atoms with Crippen molar-refractivity contribution in [3.63, 3.8) is 0 Å². The van der Waals surface area contributed by atoms with Crippen molar-refractivity contribution in [1.82, 2.24) is 4.57 Å². The van der Waals surface area contributed by atoms with Crippen LogP contribution in [0.2, 0.25) is 0 Å². The van der Waals surface area contributed by atoms with Crippen LogP contribution in [0.4, 0.5) is 0 Å². The van der Waals surface area contributed by atoms with Gasteiger partial charge in [-0.25, -0.2) is 4.79 Å². The second-order valence-electron chi connectivity index (χ2n) is 4.63. The summed E-state index contributed by atoms with van der Waals surface area (Å²) >= 11 is 0. The first-order chi connectivity index (χ1) is 10.2. The Morgan fingerprint density at radius 2 is 2.19 bits per heavy atom. The number of aromatic carboxylic acids is 1. The molecule has 0 radical (unpaired) electrons. The minimum Gasteiger partial charge on any atom is -0.493 e. The Bertz CT molecular complexity index is 785. The minimum atomic E-state index is -0.981. The molecule has 0 aliphatic heterocycles. The topological polar surface area (TPSA) is 64.6 Å². The van der Waals surface area contributed by atoms with E-state index in [-0.39, 0.29) is 5.56 Å². The van der Waals surface area contributed by atoms with Gasteiger partial charge in [-0.05, 0) is 31.2 Å². The van der Waals surface area contributed by atoms with Crippen molar-refractivity contribution in [2.24, 2.45) is 0 Å². The summed E-state index contributed by atoms with van der Waals surface area (Å²) in [6, 6.07) is 9.25. The molecule has 2 heterocycles. The summed E-state index contributed by atoms with van der Waals surface area (Å²) in [5, 5.41) is 10.1. The molecule has 0 amide bonds. The lowest BCUT2D eigenvalue weighted by molar-refractivity contribution is 0.0694. The number of ether oxygens (including phenoxy) is 1. The number of fused-ring (bicyclic) bond motifs is 1. The van der Waals surface area contributed by atoms with Crippen LogP contribution in [0.3, 0.4) is 0 Å². The third-order valence-electron chi connectivity index (χ3n) is 3.36. The smallest absolute Gasteiger partial charge is 0.339 e. The Labute approximate surface area is 121 Å².